The standard InChI is InChI=1S/C15H16N4O2/c1-21-8-4-7-18-15(20)12(9-16)13-10-5-2-3-6-11(10)14(17)19-13/h2-3,5-6H,4,7-8H2,1H3,(H2,17,19)(H,18,20)/b13-12+. The molecular formula is C15H16N4O2. The summed E-state index contributed by atoms with van der Waals surface area (Å²) >= 11 is 0. The number of rotatable bonds is 5. The highest BCUT2D eigenvalue weighted by Gasteiger charge is 2.24. The quantitative estimate of drug-likeness (QED) is 0.474. The van der Waals surface area contributed by atoms with Gasteiger partial charge in [-0.2, -0.15) is 5.26 Å². The van der Waals surface area contributed by atoms with Crippen LogP contribution < -0.4 is 11.1 Å². The van der Waals surface area contributed by atoms with Crippen molar-refractivity contribution < 1.29 is 9.53 Å². The number of carbonyl (C=O) groups is 1. The van der Waals surface area contributed by atoms with Gasteiger partial charge in [0.1, 0.15) is 17.5 Å². The van der Waals surface area contributed by atoms with Gasteiger partial charge in [0.25, 0.3) is 5.91 Å². The van der Waals surface area contributed by atoms with Gasteiger partial charge >= 0.3 is 0 Å². The van der Waals surface area contributed by atoms with Crippen LogP contribution in [0.3, 0.4) is 0 Å². The molecule has 108 valence electrons. The SMILES string of the molecule is COCCCNC(=O)/C(C#N)=C1/N=C(N)c2ccccc21. The minimum absolute atomic E-state index is 0.0275. The Morgan fingerprint density at radius 3 is 2.81 bits per heavy atom. The van der Waals surface area contributed by atoms with Gasteiger partial charge in [0, 0.05) is 31.4 Å². The molecule has 0 aromatic heterocycles. The number of nitrogens with zero attached hydrogens (tertiary/aromatic N) is 2. The smallest absolute Gasteiger partial charge is 0.264 e. The number of benzene rings is 1. The third-order valence-corrected chi connectivity index (χ3v) is 3.08. The Bertz CT molecular complexity index is 656. The summed E-state index contributed by atoms with van der Waals surface area (Å²) in [7, 11) is 1.59. The normalized spacial score (nSPS) is 15.0. The summed E-state index contributed by atoms with van der Waals surface area (Å²) < 4.78 is 4.90. The molecule has 1 aliphatic rings. The van der Waals surface area contributed by atoms with E-state index in [0.717, 1.165) is 5.56 Å². The first-order valence-electron chi connectivity index (χ1n) is 6.54. The number of nitrogens with two attached hydrogens (primary N) is 1. The third kappa shape index (κ3) is 3.09. The van der Waals surface area contributed by atoms with Crippen molar-refractivity contribution in [3.05, 3.63) is 41.0 Å². The first kappa shape index (κ1) is 14.8. The molecule has 0 radical (unpaired) electrons. The van der Waals surface area contributed by atoms with E-state index in [2.05, 4.69) is 10.3 Å². The van der Waals surface area contributed by atoms with Gasteiger partial charge in [-0.25, -0.2) is 4.99 Å². The summed E-state index contributed by atoms with van der Waals surface area (Å²) in [6.45, 7) is 0.985. The van der Waals surface area contributed by atoms with E-state index in [0.29, 0.717) is 36.7 Å². The Morgan fingerprint density at radius 1 is 1.43 bits per heavy atom. The molecule has 0 unspecified atom stereocenters. The molecular weight excluding hydrogens is 268 g/mol. The van der Waals surface area contributed by atoms with Crippen molar-refractivity contribution in [3.8, 4) is 6.07 Å². The molecule has 0 bridgehead atoms. The largest absolute Gasteiger partial charge is 0.385 e. The summed E-state index contributed by atoms with van der Waals surface area (Å²) in [6, 6.07) is 9.18. The molecule has 21 heavy (non-hydrogen) atoms. The van der Waals surface area contributed by atoms with E-state index in [1.807, 2.05) is 24.3 Å². The van der Waals surface area contributed by atoms with Crippen LogP contribution in [0, 0.1) is 11.3 Å². The van der Waals surface area contributed by atoms with Gasteiger partial charge in [-0.1, -0.05) is 24.3 Å². The molecule has 2 rings (SSSR count). The van der Waals surface area contributed by atoms with Gasteiger partial charge < -0.3 is 15.8 Å². The van der Waals surface area contributed by atoms with E-state index in [1.165, 1.54) is 0 Å². The number of aliphatic imine (C=N–C) groups is 1. The zero-order valence-corrected chi connectivity index (χ0v) is 11.7. The van der Waals surface area contributed by atoms with Crippen molar-refractivity contribution in [2.75, 3.05) is 20.3 Å². The molecule has 6 heteroatoms. The summed E-state index contributed by atoms with van der Waals surface area (Å²) in [5.41, 5.74) is 7.58. The molecule has 6 nitrogen and oxygen atoms in total. The lowest BCUT2D eigenvalue weighted by molar-refractivity contribution is -0.117. The second-order valence-electron chi connectivity index (χ2n) is 4.48. The van der Waals surface area contributed by atoms with Crippen molar-refractivity contribution in [1.82, 2.24) is 5.32 Å². The van der Waals surface area contributed by atoms with Crippen LogP contribution in [0.25, 0.3) is 5.70 Å². The van der Waals surface area contributed by atoms with Crippen molar-refractivity contribution in [2.45, 2.75) is 6.42 Å². The van der Waals surface area contributed by atoms with Crippen molar-refractivity contribution in [2.24, 2.45) is 10.7 Å². The zero-order valence-electron chi connectivity index (χ0n) is 11.7. The maximum atomic E-state index is 12.1. The average molecular weight is 284 g/mol. The van der Waals surface area contributed by atoms with Crippen LogP contribution in [0.5, 0.6) is 0 Å². The Hall–Kier alpha value is -2.65. The summed E-state index contributed by atoms with van der Waals surface area (Å²) in [6.07, 6.45) is 0.679. The minimum atomic E-state index is -0.447. The van der Waals surface area contributed by atoms with E-state index < -0.39 is 5.91 Å². The van der Waals surface area contributed by atoms with Crippen LogP contribution in [-0.2, 0) is 9.53 Å². The molecule has 0 fully saturated rings. The van der Waals surface area contributed by atoms with E-state index in [1.54, 1.807) is 13.2 Å². The van der Waals surface area contributed by atoms with Crippen LogP contribution in [0.2, 0.25) is 0 Å². The number of methoxy groups -OCH3 is 1. The van der Waals surface area contributed by atoms with Gasteiger partial charge in [-0.15, -0.1) is 0 Å². The van der Waals surface area contributed by atoms with Crippen molar-refractivity contribution >= 4 is 17.4 Å². The lowest BCUT2D eigenvalue weighted by atomic mass is 10.0. The number of fused-ring (bicyclic) bond motifs is 1. The Morgan fingerprint density at radius 2 is 2.14 bits per heavy atom. The summed E-state index contributed by atoms with van der Waals surface area (Å²) in [5, 5.41) is 11.9. The topological polar surface area (TPSA) is 100 Å². The number of amidine groups is 1. The molecule has 0 saturated heterocycles. The maximum absolute atomic E-state index is 12.1. The highest BCUT2D eigenvalue weighted by molar-refractivity contribution is 6.14. The lowest BCUT2D eigenvalue weighted by Gasteiger charge is -2.05. The van der Waals surface area contributed by atoms with Gasteiger partial charge in [0.2, 0.25) is 0 Å². The molecule has 0 atom stereocenters. The van der Waals surface area contributed by atoms with Crippen LogP contribution in [0.4, 0.5) is 0 Å². The van der Waals surface area contributed by atoms with E-state index in [4.69, 9.17) is 10.5 Å². The monoisotopic (exact) mass is 284 g/mol. The van der Waals surface area contributed by atoms with Crippen molar-refractivity contribution in [1.29, 1.82) is 5.26 Å². The Kier molecular flexibility index (Phi) is 4.69. The first-order valence-corrected chi connectivity index (χ1v) is 6.54. The second kappa shape index (κ2) is 6.68. The molecule has 0 aliphatic carbocycles. The van der Waals surface area contributed by atoms with Gasteiger partial charge in [0.05, 0.1) is 5.70 Å². The summed E-state index contributed by atoms with van der Waals surface area (Å²) in [5.74, 6) is -0.127. The van der Waals surface area contributed by atoms with Crippen molar-refractivity contribution in [3.63, 3.8) is 0 Å². The fourth-order valence-electron chi connectivity index (χ4n) is 2.06. The van der Waals surface area contributed by atoms with Gasteiger partial charge in [-0.05, 0) is 6.42 Å². The Labute approximate surface area is 122 Å². The molecule has 1 heterocycles. The van der Waals surface area contributed by atoms with Crippen LogP contribution >= 0.6 is 0 Å². The van der Waals surface area contributed by atoms with Crippen LogP contribution in [0.1, 0.15) is 17.5 Å². The lowest BCUT2D eigenvalue weighted by Crippen LogP contribution is -2.26. The van der Waals surface area contributed by atoms with E-state index in [9.17, 15) is 10.1 Å². The molecule has 1 aromatic carbocycles. The second-order valence-corrected chi connectivity index (χ2v) is 4.48. The number of nitrogens with one attached hydrogen (secondary N) is 1. The van der Waals surface area contributed by atoms with Crippen LogP contribution in [0.15, 0.2) is 34.8 Å². The van der Waals surface area contributed by atoms with Gasteiger partial charge in [0.15, 0.2) is 0 Å². The molecule has 1 amide bonds. The number of carbonyl (C=O) groups excluding carboxylic acids is 1. The molecule has 0 saturated carbocycles. The van der Waals surface area contributed by atoms with Gasteiger partial charge in [-0.3, -0.25) is 4.79 Å². The molecule has 1 aromatic rings. The molecule has 3 N–H and O–H groups in total. The number of ether oxygens (including phenoxy) is 1. The van der Waals surface area contributed by atoms with E-state index in [-0.39, 0.29) is 5.57 Å². The highest BCUT2D eigenvalue weighted by Crippen LogP contribution is 2.29. The zero-order chi connectivity index (χ0) is 15.2. The van der Waals surface area contributed by atoms with Crippen LogP contribution in [-0.4, -0.2) is 32.0 Å². The highest BCUT2D eigenvalue weighted by atomic mass is 16.5. The minimum Gasteiger partial charge on any atom is -0.385 e. The number of hydrogen-bond donors (Lipinski definition) is 2. The number of amides is 1. The fourth-order valence-corrected chi connectivity index (χ4v) is 2.06. The Balaban J connectivity index is 2.25. The third-order valence-electron chi connectivity index (χ3n) is 3.08. The molecule has 0 spiro atoms. The fraction of sp³-hybridized carbons (Fsp3) is 0.267. The first-order chi connectivity index (χ1) is 10.2. The maximum Gasteiger partial charge on any atom is 0.264 e. The average Bonchev–Trinajstić information content (AvgIpc) is 2.82. The number of hydrogen-bond acceptors (Lipinski definition) is 5. The molecule has 1 aliphatic heterocycles. The van der Waals surface area contributed by atoms with E-state index >= 15 is 0 Å². The predicted molar refractivity (Wildman–Crippen MR) is 79.2 cm³/mol. The number of nitriles is 1. The summed E-state index contributed by atoms with van der Waals surface area (Å²) in [4.78, 5) is 16.3. The predicted octanol–water partition coefficient (Wildman–Crippen LogP) is 0.793.